The number of benzene rings is 5. The third kappa shape index (κ3) is 15.5. The van der Waals surface area contributed by atoms with Gasteiger partial charge >= 0.3 is 6.09 Å². The Bertz CT molecular complexity index is 4540. The van der Waals surface area contributed by atoms with Crippen molar-refractivity contribution in [1.82, 2.24) is 35.2 Å². The molecule has 0 radical (unpaired) electrons. The molecule has 0 bridgehead atoms. The Kier molecular flexibility index (Phi) is 21.0. The van der Waals surface area contributed by atoms with Crippen molar-refractivity contribution in [2.24, 2.45) is 27.9 Å². The van der Waals surface area contributed by atoms with Crippen LogP contribution in [0.5, 0.6) is 5.75 Å². The summed E-state index contributed by atoms with van der Waals surface area (Å²) in [4.78, 5) is 123. The number of hydrogen-bond donors (Lipinski definition) is 6. The molecule has 4 heterocycles. The van der Waals surface area contributed by atoms with Crippen LogP contribution in [-0.2, 0) is 58.5 Å². The standard InChI is InChI=1S/C41H42N6O10S.C34H39N5O6S.CH4/c48-37-35-22-28(57-44-36-32-13-8-6-11-30(32)31-12-7-9-14-33(31)36)24-46(35)38(49)34(42-40(51)56-27-18-16-26(17-19-27)47(52)53)15-5-3-1-2-4-10-25-23-41(25,43-37)39(50)45-58(54,55)29-20-21-29;35-28-15-5-3-1-2-4-10-21-19-34(21,33(42)38-46(43,44)23-16-17-23)36-31(40)29-18-22(20-39(29)32(28)41)45-37-30-26-13-8-6-11-24(26)25-12-7-9-14-27(25)30;/h4,6-14,16-19,25,28-29,34-35H,1-3,5,15,20-24H2,(H,42,51)(H,43,48)(H,45,50);4,6-14,21-23,28-29H,1-3,5,15-20,35H2,(H,36,40)(H,38,42);1H4/b2*10-4-;/t25-,28-,34+,35+,41-;21-,22-,28+,29+,34-;/m11./s1. The molecule has 29 heteroatoms. The van der Waals surface area contributed by atoms with Gasteiger partial charge in [0.05, 0.1) is 34.6 Å². The van der Waals surface area contributed by atoms with Crippen LogP contribution in [0.4, 0.5) is 10.5 Å². The Labute approximate surface area is 608 Å². The van der Waals surface area contributed by atoms with Crippen LogP contribution in [0.2, 0.25) is 0 Å². The molecule has 7 amide bonds. The van der Waals surface area contributed by atoms with Crippen molar-refractivity contribution in [2.75, 3.05) is 13.1 Å². The number of carbonyl (C=O) groups is 7. The van der Waals surface area contributed by atoms with Gasteiger partial charge in [-0.1, -0.05) is 165 Å². The lowest BCUT2D eigenvalue weighted by molar-refractivity contribution is -0.384. The van der Waals surface area contributed by atoms with E-state index in [0.717, 1.165) is 76.6 Å². The zero-order valence-corrected chi connectivity index (χ0v) is 58.6. The lowest BCUT2D eigenvalue weighted by Crippen LogP contribution is -2.58. The van der Waals surface area contributed by atoms with Crippen molar-refractivity contribution in [2.45, 2.75) is 181 Å². The van der Waals surface area contributed by atoms with Crippen LogP contribution in [0.3, 0.4) is 0 Å². The molecule has 0 aromatic heterocycles. The number of nitro groups is 1. The molecule has 105 heavy (non-hydrogen) atoms. The third-order valence-electron chi connectivity index (χ3n) is 21.2. The van der Waals surface area contributed by atoms with Crippen LogP contribution in [0, 0.1) is 22.0 Å². The van der Waals surface area contributed by atoms with E-state index in [9.17, 15) is 60.5 Å². The Morgan fingerprint density at radius 3 is 1.35 bits per heavy atom. The lowest BCUT2D eigenvalue weighted by atomic mass is 10.0. The minimum absolute atomic E-state index is 0. The molecule has 0 unspecified atom stereocenters. The van der Waals surface area contributed by atoms with Gasteiger partial charge in [0, 0.05) is 59.1 Å². The number of nitrogens with two attached hydrogens (primary N) is 1. The Morgan fingerprint density at radius 1 is 0.543 bits per heavy atom. The van der Waals surface area contributed by atoms with Gasteiger partial charge in [-0.3, -0.25) is 48.3 Å². The summed E-state index contributed by atoms with van der Waals surface area (Å²) in [6.07, 6.45) is 14.3. The highest BCUT2D eigenvalue weighted by molar-refractivity contribution is 7.91. The highest BCUT2D eigenvalue weighted by Crippen LogP contribution is 2.48. The van der Waals surface area contributed by atoms with Gasteiger partial charge < -0.3 is 45.9 Å². The first-order chi connectivity index (χ1) is 50.1. The Hall–Kier alpha value is -10.1. The van der Waals surface area contributed by atoms with E-state index < -0.39 is 124 Å². The number of nitro benzene ring substituents is 1. The number of carbonyl (C=O) groups excluding carboxylic acids is 7. The molecule has 4 saturated carbocycles. The maximum absolute atomic E-state index is 14.6. The summed E-state index contributed by atoms with van der Waals surface area (Å²) in [6.45, 7) is 0.00837. The lowest BCUT2D eigenvalue weighted by Gasteiger charge is -2.29. The van der Waals surface area contributed by atoms with Crippen molar-refractivity contribution in [3.05, 3.63) is 178 Å². The highest BCUT2D eigenvalue weighted by atomic mass is 32.2. The summed E-state index contributed by atoms with van der Waals surface area (Å²) in [6, 6.07) is 32.2. The van der Waals surface area contributed by atoms with Crippen LogP contribution in [0.25, 0.3) is 22.3 Å². The average Bonchev–Trinajstić information content (AvgIpc) is 1.57. The van der Waals surface area contributed by atoms with E-state index >= 15 is 0 Å². The fourth-order valence-electron chi connectivity index (χ4n) is 14.9. The van der Waals surface area contributed by atoms with Crippen molar-refractivity contribution in [1.29, 1.82) is 0 Å². The van der Waals surface area contributed by atoms with Crippen LogP contribution in [0.15, 0.2) is 156 Å². The minimum Gasteiger partial charge on any atom is -0.410 e. The molecule has 5 aromatic carbocycles. The van der Waals surface area contributed by atoms with E-state index in [0.29, 0.717) is 62.8 Å². The number of ether oxygens (including phenoxy) is 1. The molecule has 552 valence electrons. The summed E-state index contributed by atoms with van der Waals surface area (Å²) in [5.41, 5.74) is 12.2. The van der Waals surface area contributed by atoms with E-state index in [1.165, 1.54) is 34.1 Å². The molecule has 7 N–H and O–H groups in total. The number of oxime groups is 2. The number of hydrogen-bond acceptors (Lipinski definition) is 19. The highest BCUT2D eigenvalue weighted by Gasteiger charge is 2.64. The van der Waals surface area contributed by atoms with E-state index in [4.69, 9.17) is 20.1 Å². The van der Waals surface area contributed by atoms with Crippen LogP contribution in [-0.4, -0.2) is 156 Å². The molecule has 10 aliphatic rings. The van der Waals surface area contributed by atoms with Gasteiger partial charge in [0.1, 0.15) is 58.6 Å². The first kappa shape index (κ1) is 73.2. The second-order valence-electron chi connectivity index (χ2n) is 28.5. The van der Waals surface area contributed by atoms with E-state index in [-0.39, 0.29) is 75.9 Å². The second-order valence-corrected chi connectivity index (χ2v) is 32.4. The van der Waals surface area contributed by atoms with E-state index in [1.54, 1.807) is 0 Å². The number of sulfonamides is 2. The van der Waals surface area contributed by atoms with Crippen LogP contribution < -0.4 is 35.9 Å². The SMILES string of the molecule is C.N[C@H]1CCCCC/C=C\[C@@H]2C[C@@]2(C(=O)NS(=O)(=O)C2CC2)NC(=O)[C@@H]2C[C@@H](ON=C3c4ccccc4-c4ccccc43)CN2C1=O.O=C(N[C@H]1CCCCC/C=C\[C@@H]2C[C@@]2(C(=O)NS(=O)(=O)C2CC2)NC(=O)[C@@H]2C[C@@H](ON=C3c4ccccc4-c4ccccc43)CN2C1=O)Oc1ccc([N+](=O)[O-])cc1. The summed E-state index contributed by atoms with van der Waals surface area (Å²) in [5.74, 6) is -4.54. The van der Waals surface area contributed by atoms with Crippen LogP contribution in [0.1, 0.15) is 145 Å². The van der Waals surface area contributed by atoms with Gasteiger partial charge in [0.2, 0.25) is 43.7 Å². The predicted octanol–water partition coefficient (Wildman–Crippen LogP) is 7.85. The van der Waals surface area contributed by atoms with E-state index in [1.807, 2.05) is 121 Å². The third-order valence-corrected chi connectivity index (χ3v) is 24.8. The first-order valence-corrected chi connectivity index (χ1v) is 38.8. The van der Waals surface area contributed by atoms with Gasteiger partial charge in [-0.15, -0.1) is 0 Å². The Morgan fingerprint density at radius 2 is 0.943 bits per heavy atom. The summed E-state index contributed by atoms with van der Waals surface area (Å²) in [5, 5.41) is 27.4. The molecule has 4 aliphatic heterocycles. The topological polar surface area (TPSA) is 376 Å². The molecule has 5 aromatic rings. The largest absolute Gasteiger partial charge is 0.413 e. The first-order valence-electron chi connectivity index (χ1n) is 35.7. The number of non-ortho nitro benzene ring substituents is 1. The number of nitrogens with one attached hydrogen (secondary N) is 5. The van der Waals surface area contributed by atoms with Crippen molar-refractivity contribution >= 4 is 78.7 Å². The fraction of sp³-hybridized carbons (Fsp3) is 0.434. The fourth-order valence-corrected chi connectivity index (χ4v) is 17.7. The molecule has 10 atom stereocenters. The number of rotatable bonds is 13. The van der Waals surface area contributed by atoms with Crippen molar-refractivity contribution in [3.63, 3.8) is 0 Å². The summed E-state index contributed by atoms with van der Waals surface area (Å²) in [7, 11) is -7.75. The maximum atomic E-state index is 14.6. The molecule has 6 aliphatic carbocycles. The maximum Gasteiger partial charge on any atom is 0.413 e. The average molecular weight is 1470 g/mol. The predicted molar refractivity (Wildman–Crippen MR) is 388 cm³/mol. The zero-order valence-electron chi connectivity index (χ0n) is 56.9. The van der Waals surface area contributed by atoms with Crippen molar-refractivity contribution < 1.29 is 69.7 Å². The Balaban J connectivity index is 0.000000189. The molecule has 2 saturated heterocycles. The molecular weight excluding hydrogens is 1390 g/mol. The quantitative estimate of drug-likeness (QED) is 0.0363. The number of nitrogens with zero attached hydrogens (tertiary/aromatic N) is 5. The molecule has 6 fully saturated rings. The molecule has 15 rings (SSSR count). The molecule has 27 nitrogen and oxygen atoms in total. The number of amides is 7. The van der Waals surface area contributed by atoms with Gasteiger partial charge in [0.25, 0.3) is 17.5 Å². The summed E-state index contributed by atoms with van der Waals surface area (Å²) >= 11 is 0. The van der Waals surface area contributed by atoms with Gasteiger partial charge in [-0.25, -0.2) is 21.6 Å². The molecular formula is C76H85N11O16S2. The monoisotopic (exact) mass is 1470 g/mol. The van der Waals surface area contributed by atoms with Gasteiger partial charge in [0.15, 0.2) is 0 Å². The minimum atomic E-state index is -3.93. The van der Waals surface area contributed by atoms with Crippen LogP contribution >= 0.6 is 0 Å². The normalized spacial score (nSPS) is 27.5. The smallest absolute Gasteiger partial charge is 0.410 e. The zero-order chi connectivity index (χ0) is 72.7. The number of fused-ring (bicyclic) bond motifs is 10. The van der Waals surface area contributed by atoms with Crippen molar-refractivity contribution in [3.8, 4) is 28.0 Å². The van der Waals surface area contributed by atoms with Gasteiger partial charge in [-0.05, 0) is 111 Å². The number of allylic oxidation sites excluding steroid dienone is 2. The second kappa shape index (κ2) is 30.1. The van der Waals surface area contributed by atoms with E-state index in [2.05, 4.69) is 35.7 Å². The van der Waals surface area contributed by atoms with Gasteiger partial charge in [-0.2, -0.15) is 0 Å². The molecule has 0 spiro atoms. The summed E-state index contributed by atoms with van der Waals surface area (Å²) < 4.78 is 60.9.